The van der Waals surface area contributed by atoms with Gasteiger partial charge in [0, 0.05) is 17.0 Å². The molecule has 6 heteroatoms. The Morgan fingerprint density at radius 3 is 2.91 bits per heavy atom. The highest BCUT2D eigenvalue weighted by atomic mass is 16.3. The van der Waals surface area contributed by atoms with E-state index < -0.39 is 0 Å². The van der Waals surface area contributed by atoms with Gasteiger partial charge in [-0.1, -0.05) is 24.3 Å². The fraction of sp³-hybridized carbons (Fsp3) is 0.0625. The maximum absolute atomic E-state index is 10.7. The molecule has 0 saturated carbocycles. The summed E-state index contributed by atoms with van der Waals surface area (Å²) in [6.45, 7) is 1.41. The van der Waals surface area contributed by atoms with Crippen LogP contribution in [0.3, 0.4) is 0 Å². The number of carbonyl (C=O) groups is 1. The number of aromatic nitrogens is 2. The Hall–Kier alpha value is -3.15. The highest BCUT2D eigenvalue weighted by Gasteiger charge is 2.00. The largest absolute Gasteiger partial charge is 0.508 e. The molecule has 1 heterocycles. The number of nitrogens with one attached hydrogen (secondary N) is 2. The first-order chi connectivity index (χ1) is 10.7. The topological polar surface area (TPSA) is 87.1 Å². The Morgan fingerprint density at radius 2 is 2.09 bits per heavy atom. The number of aliphatic hydroxyl groups is 1. The molecule has 0 aliphatic rings. The van der Waals surface area contributed by atoms with Gasteiger partial charge in [0.25, 0.3) is 0 Å². The zero-order chi connectivity index (χ0) is 15.8. The maximum Gasteiger partial charge on any atom is 0.174 e. The summed E-state index contributed by atoms with van der Waals surface area (Å²) in [6, 6.07) is 7.75. The predicted octanol–water partition coefficient (Wildman–Crippen LogP) is 2.65. The van der Waals surface area contributed by atoms with Crippen molar-refractivity contribution in [3.05, 3.63) is 66.7 Å². The fourth-order valence-corrected chi connectivity index (χ4v) is 1.68. The third-order valence-corrected chi connectivity index (χ3v) is 2.70. The van der Waals surface area contributed by atoms with Crippen LogP contribution in [0.4, 0.5) is 5.82 Å². The van der Waals surface area contributed by atoms with E-state index >= 15 is 0 Å². The molecule has 0 aliphatic heterocycles. The molecule has 0 saturated heterocycles. The molecule has 0 aliphatic carbocycles. The van der Waals surface area contributed by atoms with Crippen molar-refractivity contribution in [3.63, 3.8) is 0 Å². The lowest BCUT2D eigenvalue weighted by atomic mass is 10.2. The first-order valence-electron chi connectivity index (χ1n) is 6.63. The van der Waals surface area contributed by atoms with Crippen LogP contribution < -0.4 is 10.9 Å². The SMILES string of the molecule is CC(=O)C=CC(O)=CC=CNNc1nncc2ccccc12. The average Bonchev–Trinajstić information content (AvgIpc) is 2.52. The zero-order valence-electron chi connectivity index (χ0n) is 12.0. The summed E-state index contributed by atoms with van der Waals surface area (Å²) in [5.41, 5.74) is 5.75. The second-order valence-electron chi connectivity index (χ2n) is 4.44. The van der Waals surface area contributed by atoms with E-state index in [-0.39, 0.29) is 11.5 Å². The lowest BCUT2D eigenvalue weighted by molar-refractivity contribution is -0.112. The van der Waals surface area contributed by atoms with Crippen molar-refractivity contribution in [1.29, 1.82) is 0 Å². The van der Waals surface area contributed by atoms with Crippen LogP contribution in [-0.2, 0) is 4.79 Å². The first-order valence-corrected chi connectivity index (χ1v) is 6.63. The summed E-state index contributed by atoms with van der Waals surface area (Å²) in [6.07, 6.45) is 8.93. The number of benzene rings is 1. The second-order valence-corrected chi connectivity index (χ2v) is 4.44. The van der Waals surface area contributed by atoms with Crippen LogP contribution in [0, 0.1) is 0 Å². The van der Waals surface area contributed by atoms with E-state index in [4.69, 9.17) is 0 Å². The number of hydrazine groups is 1. The monoisotopic (exact) mass is 296 g/mol. The number of hydrogen-bond donors (Lipinski definition) is 3. The number of aliphatic hydroxyl groups excluding tert-OH is 1. The molecule has 0 bridgehead atoms. The summed E-state index contributed by atoms with van der Waals surface area (Å²) in [5, 5.41) is 19.3. The lowest BCUT2D eigenvalue weighted by Gasteiger charge is -2.06. The van der Waals surface area contributed by atoms with Gasteiger partial charge in [-0.15, -0.1) is 5.10 Å². The molecule has 0 amide bonds. The highest BCUT2D eigenvalue weighted by Crippen LogP contribution is 2.18. The molecular weight excluding hydrogens is 280 g/mol. The van der Waals surface area contributed by atoms with Gasteiger partial charge in [0.2, 0.25) is 0 Å². The molecule has 22 heavy (non-hydrogen) atoms. The van der Waals surface area contributed by atoms with Gasteiger partial charge in [-0.3, -0.25) is 10.2 Å². The number of rotatable bonds is 6. The van der Waals surface area contributed by atoms with Gasteiger partial charge in [-0.25, -0.2) is 0 Å². The molecule has 0 unspecified atom stereocenters. The van der Waals surface area contributed by atoms with E-state index in [1.165, 1.54) is 25.2 Å². The molecule has 6 nitrogen and oxygen atoms in total. The smallest absolute Gasteiger partial charge is 0.174 e. The molecule has 112 valence electrons. The number of allylic oxidation sites excluding steroid dienone is 4. The van der Waals surface area contributed by atoms with Crippen molar-refractivity contribution in [2.24, 2.45) is 0 Å². The number of carbonyl (C=O) groups excluding carboxylic acids is 1. The van der Waals surface area contributed by atoms with Gasteiger partial charge in [0.1, 0.15) is 5.76 Å². The Labute approximate surface area is 127 Å². The second kappa shape index (κ2) is 7.58. The van der Waals surface area contributed by atoms with Crippen LogP contribution in [0.1, 0.15) is 6.92 Å². The number of ketones is 1. The summed E-state index contributed by atoms with van der Waals surface area (Å²) < 4.78 is 0. The number of anilines is 1. The standard InChI is InChI=1S/C16H16N4O2/c1-12(21)8-9-14(22)6-4-10-17-19-16-15-7-3-2-5-13(15)11-18-20-16/h2-11,17,22H,1H3,(H,19,20). The summed E-state index contributed by atoms with van der Waals surface area (Å²) in [4.78, 5) is 10.7. The van der Waals surface area contributed by atoms with Crippen molar-refractivity contribution >= 4 is 22.4 Å². The molecule has 0 fully saturated rings. The molecule has 2 rings (SSSR count). The van der Waals surface area contributed by atoms with E-state index in [0.29, 0.717) is 5.82 Å². The average molecular weight is 296 g/mol. The lowest BCUT2D eigenvalue weighted by Crippen LogP contribution is -2.15. The van der Waals surface area contributed by atoms with Crippen molar-refractivity contribution in [3.8, 4) is 0 Å². The Bertz CT molecular complexity index is 745. The molecule has 3 N–H and O–H groups in total. The van der Waals surface area contributed by atoms with E-state index in [1.807, 2.05) is 24.3 Å². The van der Waals surface area contributed by atoms with Gasteiger partial charge in [-0.2, -0.15) is 5.10 Å². The Kier molecular flexibility index (Phi) is 5.25. The van der Waals surface area contributed by atoms with Crippen LogP contribution in [0.15, 0.2) is 66.7 Å². The first kappa shape index (κ1) is 15.2. The van der Waals surface area contributed by atoms with E-state index in [1.54, 1.807) is 18.5 Å². The minimum atomic E-state index is -0.127. The van der Waals surface area contributed by atoms with E-state index in [0.717, 1.165) is 10.8 Å². The maximum atomic E-state index is 10.7. The van der Waals surface area contributed by atoms with Crippen molar-refractivity contribution in [2.45, 2.75) is 6.92 Å². The molecule has 2 aromatic rings. The quantitative estimate of drug-likeness (QED) is 0.329. The van der Waals surface area contributed by atoms with Crippen LogP contribution in [0.25, 0.3) is 10.8 Å². The van der Waals surface area contributed by atoms with Gasteiger partial charge in [0.15, 0.2) is 11.6 Å². The normalized spacial score (nSPS) is 12.1. The van der Waals surface area contributed by atoms with Crippen LogP contribution in [0.5, 0.6) is 0 Å². The van der Waals surface area contributed by atoms with Crippen LogP contribution in [-0.4, -0.2) is 21.1 Å². The van der Waals surface area contributed by atoms with Crippen molar-refractivity contribution < 1.29 is 9.90 Å². The van der Waals surface area contributed by atoms with E-state index in [2.05, 4.69) is 21.0 Å². The summed E-state index contributed by atoms with van der Waals surface area (Å²) in [5.74, 6) is 0.462. The molecule has 0 spiro atoms. The van der Waals surface area contributed by atoms with Gasteiger partial charge in [-0.05, 0) is 31.2 Å². The molecule has 1 aromatic heterocycles. The summed E-state index contributed by atoms with van der Waals surface area (Å²) in [7, 11) is 0. The number of nitrogens with zero attached hydrogens (tertiary/aromatic N) is 2. The molecule has 0 radical (unpaired) electrons. The van der Waals surface area contributed by atoms with Crippen LogP contribution in [0.2, 0.25) is 0 Å². The van der Waals surface area contributed by atoms with Crippen LogP contribution >= 0.6 is 0 Å². The third kappa shape index (κ3) is 4.45. The molecule has 1 aromatic carbocycles. The number of fused-ring (bicyclic) bond motifs is 1. The fourth-order valence-electron chi connectivity index (χ4n) is 1.68. The number of hydrogen-bond acceptors (Lipinski definition) is 6. The van der Waals surface area contributed by atoms with Gasteiger partial charge in [0.05, 0.1) is 6.20 Å². The van der Waals surface area contributed by atoms with Crippen molar-refractivity contribution in [2.75, 3.05) is 5.43 Å². The minimum absolute atomic E-state index is 0.0156. The summed E-state index contributed by atoms with van der Waals surface area (Å²) >= 11 is 0. The van der Waals surface area contributed by atoms with E-state index in [9.17, 15) is 9.90 Å². The zero-order valence-corrected chi connectivity index (χ0v) is 12.0. The van der Waals surface area contributed by atoms with Gasteiger partial charge >= 0.3 is 0 Å². The predicted molar refractivity (Wildman–Crippen MR) is 86.0 cm³/mol. The highest BCUT2D eigenvalue weighted by molar-refractivity contribution is 5.90. The molecule has 0 atom stereocenters. The Balaban J connectivity index is 1.94. The van der Waals surface area contributed by atoms with Gasteiger partial charge < -0.3 is 10.5 Å². The third-order valence-electron chi connectivity index (χ3n) is 2.70. The van der Waals surface area contributed by atoms with Crippen molar-refractivity contribution in [1.82, 2.24) is 15.6 Å². The molecular formula is C16H16N4O2. The Morgan fingerprint density at radius 1 is 1.27 bits per heavy atom. The minimum Gasteiger partial charge on any atom is -0.508 e.